The third-order valence-electron chi connectivity index (χ3n) is 4.33. The van der Waals surface area contributed by atoms with Gasteiger partial charge in [-0.2, -0.15) is 5.26 Å². The third-order valence-corrected chi connectivity index (χ3v) is 4.33. The lowest BCUT2D eigenvalue weighted by Crippen LogP contribution is -2.41. The number of carbonyl (C=O) groups is 1. The Balaban J connectivity index is 1.60. The molecule has 1 aliphatic rings. The van der Waals surface area contributed by atoms with Crippen LogP contribution >= 0.6 is 0 Å². The number of likely N-dealkylation sites (tertiary alicyclic amines) is 1. The molecule has 0 bridgehead atoms. The number of benzene rings is 2. The number of amides is 1. The molecule has 1 fully saturated rings. The van der Waals surface area contributed by atoms with Crippen molar-refractivity contribution >= 4 is 5.91 Å². The maximum atomic E-state index is 12.6. The minimum absolute atomic E-state index is 0.0344. The molecule has 0 N–H and O–H groups in total. The van der Waals surface area contributed by atoms with Gasteiger partial charge >= 0.3 is 0 Å². The number of hydrogen-bond acceptors (Lipinski definition) is 4. The third kappa shape index (κ3) is 3.92. The molecule has 1 amide bonds. The summed E-state index contributed by atoms with van der Waals surface area (Å²) in [7, 11) is 1.62. The van der Waals surface area contributed by atoms with Gasteiger partial charge in [0.05, 0.1) is 18.7 Å². The number of methoxy groups -OCH3 is 1. The van der Waals surface area contributed by atoms with Gasteiger partial charge < -0.3 is 14.4 Å². The van der Waals surface area contributed by atoms with Gasteiger partial charge in [-0.1, -0.05) is 18.2 Å². The van der Waals surface area contributed by atoms with Crippen LogP contribution in [0.3, 0.4) is 0 Å². The van der Waals surface area contributed by atoms with Crippen LogP contribution in [0, 0.1) is 11.3 Å². The van der Waals surface area contributed by atoms with E-state index in [9.17, 15) is 4.79 Å². The molecule has 0 unspecified atom stereocenters. The van der Waals surface area contributed by atoms with Crippen LogP contribution in [0.4, 0.5) is 0 Å². The molecule has 0 aliphatic carbocycles. The molecule has 2 aromatic rings. The molecule has 128 valence electrons. The van der Waals surface area contributed by atoms with Gasteiger partial charge in [0.1, 0.15) is 6.10 Å². The van der Waals surface area contributed by atoms with Crippen LogP contribution in [0.1, 0.15) is 28.8 Å². The topological polar surface area (TPSA) is 62.6 Å². The van der Waals surface area contributed by atoms with Crippen molar-refractivity contribution < 1.29 is 14.3 Å². The van der Waals surface area contributed by atoms with Gasteiger partial charge in [-0.05, 0) is 30.3 Å². The van der Waals surface area contributed by atoms with Crippen LogP contribution in [0.15, 0.2) is 48.5 Å². The van der Waals surface area contributed by atoms with E-state index < -0.39 is 0 Å². The molecule has 0 radical (unpaired) electrons. The molecule has 0 spiro atoms. The first-order valence-corrected chi connectivity index (χ1v) is 8.30. The van der Waals surface area contributed by atoms with Crippen LogP contribution < -0.4 is 9.47 Å². The number of carbonyl (C=O) groups excluding carboxylic acids is 1. The van der Waals surface area contributed by atoms with E-state index in [0.29, 0.717) is 30.0 Å². The van der Waals surface area contributed by atoms with Gasteiger partial charge in [0.25, 0.3) is 5.91 Å². The zero-order valence-corrected chi connectivity index (χ0v) is 14.1. The Morgan fingerprint density at radius 3 is 2.52 bits per heavy atom. The van der Waals surface area contributed by atoms with Crippen LogP contribution in [0.2, 0.25) is 0 Å². The largest absolute Gasteiger partial charge is 0.493 e. The molecule has 0 atom stereocenters. The lowest BCUT2D eigenvalue weighted by molar-refractivity contribution is 0.0590. The predicted octanol–water partition coefficient (Wildman–Crippen LogP) is 3.25. The number of hydrogen-bond donors (Lipinski definition) is 0. The van der Waals surface area contributed by atoms with Crippen molar-refractivity contribution in [1.29, 1.82) is 5.26 Å². The number of piperidine rings is 1. The molecule has 5 heteroatoms. The standard InChI is InChI=1S/C20H20N2O3/c1-24-18-7-2-3-8-19(18)25-17-9-11-22(12-10-17)20(23)16-6-4-5-15(13-16)14-21/h2-8,13,17H,9-12H2,1H3. The van der Waals surface area contributed by atoms with Crippen molar-refractivity contribution in [1.82, 2.24) is 4.90 Å². The van der Waals surface area contributed by atoms with Crippen molar-refractivity contribution in [3.8, 4) is 17.6 Å². The zero-order chi connectivity index (χ0) is 17.6. The molecule has 1 saturated heterocycles. The summed E-state index contributed by atoms with van der Waals surface area (Å²) < 4.78 is 11.4. The molecular formula is C20H20N2O3. The van der Waals surface area contributed by atoms with E-state index in [4.69, 9.17) is 14.7 Å². The average Bonchev–Trinajstić information content (AvgIpc) is 2.68. The fourth-order valence-corrected chi connectivity index (χ4v) is 2.98. The van der Waals surface area contributed by atoms with Gasteiger partial charge in [-0.3, -0.25) is 4.79 Å². The van der Waals surface area contributed by atoms with Gasteiger partial charge in [-0.15, -0.1) is 0 Å². The second kappa shape index (κ2) is 7.71. The van der Waals surface area contributed by atoms with E-state index >= 15 is 0 Å². The fraction of sp³-hybridized carbons (Fsp3) is 0.300. The van der Waals surface area contributed by atoms with E-state index in [1.807, 2.05) is 29.2 Å². The Hall–Kier alpha value is -3.00. The second-order valence-corrected chi connectivity index (χ2v) is 5.95. The molecule has 2 aromatic carbocycles. The number of para-hydroxylation sites is 2. The summed E-state index contributed by atoms with van der Waals surface area (Å²) in [6, 6.07) is 16.5. The molecule has 3 rings (SSSR count). The summed E-state index contributed by atoms with van der Waals surface area (Å²) in [5.41, 5.74) is 1.06. The summed E-state index contributed by atoms with van der Waals surface area (Å²) in [5, 5.41) is 8.97. The first-order chi connectivity index (χ1) is 12.2. The van der Waals surface area contributed by atoms with E-state index in [1.165, 1.54) is 0 Å². The zero-order valence-electron chi connectivity index (χ0n) is 14.1. The molecular weight excluding hydrogens is 316 g/mol. The van der Waals surface area contributed by atoms with Gasteiger partial charge in [0, 0.05) is 31.5 Å². The number of rotatable bonds is 4. The Morgan fingerprint density at radius 2 is 1.84 bits per heavy atom. The Bertz CT molecular complexity index is 790. The van der Waals surface area contributed by atoms with E-state index in [1.54, 1.807) is 31.4 Å². The molecule has 0 aromatic heterocycles. The van der Waals surface area contributed by atoms with Gasteiger partial charge in [-0.25, -0.2) is 0 Å². The highest BCUT2D eigenvalue weighted by Gasteiger charge is 2.25. The maximum Gasteiger partial charge on any atom is 0.253 e. The van der Waals surface area contributed by atoms with E-state index in [0.717, 1.165) is 18.6 Å². The molecule has 1 heterocycles. The highest BCUT2D eigenvalue weighted by Crippen LogP contribution is 2.29. The summed E-state index contributed by atoms with van der Waals surface area (Å²) in [6.45, 7) is 1.27. The molecule has 25 heavy (non-hydrogen) atoms. The maximum absolute atomic E-state index is 12.6. The minimum atomic E-state index is -0.0344. The Labute approximate surface area is 147 Å². The van der Waals surface area contributed by atoms with Crippen molar-refractivity contribution in [2.45, 2.75) is 18.9 Å². The van der Waals surface area contributed by atoms with Crippen LogP contribution in [-0.2, 0) is 0 Å². The first kappa shape index (κ1) is 16.8. The van der Waals surface area contributed by atoms with Gasteiger partial charge in [0.15, 0.2) is 11.5 Å². The SMILES string of the molecule is COc1ccccc1OC1CCN(C(=O)c2cccc(C#N)c2)CC1. The summed E-state index contributed by atoms with van der Waals surface area (Å²) in [6.07, 6.45) is 1.59. The molecule has 0 saturated carbocycles. The fourth-order valence-electron chi connectivity index (χ4n) is 2.98. The normalized spacial score (nSPS) is 14.6. The van der Waals surface area contributed by atoms with Crippen molar-refractivity contribution in [3.63, 3.8) is 0 Å². The van der Waals surface area contributed by atoms with E-state index in [-0.39, 0.29) is 12.0 Å². The van der Waals surface area contributed by atoms with Crippen molar-refractivity contribution in [3.05, 3.63) is 59.7 Å². The number of nitrogens with zero attached hydrogens (tertiary/aromatic N) is 2. The van der Waals surface area contributed by atoms with E-state index in [2.05, 4.69) is 6.07 Å². The summed E-state index contributed by atoms with van der Waals surface area (Å²) >= 11 is 0. The predicted molar refractivity (Wildman–Crippen MR) is 93.7 cm³/mol. The minimum Gasteiger partial charge on any atom is -0.493 e. The highest BCUT2D eigenvalue weighted by molar-refractivity contribution is 5.94. The van der Waals surface area contributed by atoms with Crippen molar-refractivity contribution in [2.75, 3.05) is 20.2 Å². The Kier molecular flexibility index (Phi) is 5.20. The van der Waals surface area contributed by atoms with Crippen LogP contribution in [0.25, 0.3) is 0 Å². The highest BCUT2D eigenvalue weighted by atomic mass is 16.5. The van der Waals surface area contributed by atoms with Gasteiger partial charge in [0.2, 0.25) is 0 Å². The second-order valence-electron chi connectivity index (χ2n) is 5.95. The summed E-state index contributed by atoms with van der Waals surface area (Å²) in [4.78, 5) is 14.4. The lowest BCUT2D eigenvalue weighted by Gasteiger charge is -2.32. The quantitative estimate of drug-likeness (QED) is 0.860. The molecule has 5 nitrogen and oxygen atoms in total. The average molecular weight is 336 g/mol. The van der Waals surface area contributed by atoms with Crippen molar-refractivity contribution in [2.24, 2.45) is 0 Å². The van der Waals surface area contributed by atoms with Crippen LogP contribution in [0.5, 0.6) is 11.5 Å². The molecule has 1 aliphatic heterocycles. The summed E-state index contributed by atoms with van der Waals surface area (Å²) in [5.74, 6) is 1.42. The monoisotopic (exact) mass is 336 g/mol. The lowest BCUT2D eigenvalue weighted by atomic mass is 10.1. The first-order valence-electron chi connectivity index (χ1n) is 8.30. The number of ether oxygens (including phenoxy) is 2. The Morgan fingerprint density at radius 1 is 1.12 bits per heavy atom. The number of nitriles is 1. The van der Waals surface area contributed by atoms with Crippen LogP contribution in [-0.4, -0.2) is 37.1 Å². The smallest absolute Gasteiger partial charge is 0.253 e.